The molecule has 150 valence electrons. The van der Waals surface area contributed by atoms with Crippen molar-refractivity contribution in [1.29, 1.82) is 0 Å². The summed E-state index contributed by atoms with van der Waals surface area (Å²) in [5.41, 5.74) is 3.53. The zero-order valence-electron chi connectivity index (χ0n) is 16.6. The van der Waals surface area contributed by atoms with Gasteiger partial charge in [0.1, 0.15) is 4.88 Å². The van der Waals surface area contributed by atoms with Crippen molar-refractivity contribution in [3.05, 3.63) is 46.2 Å². The smallest absolute Gasteiger partial charge is 0.265 e. The fraction of sp³-hybridized carbons (Fsp3) is 0.524. The number of pyridine rings is 1. The number of thiazole rings is 1. The quantitative estimate of drug-likeness (QED) is 0.716. The van der Waals surface area contributed by atoms with Crippen LogP contribution in [-0.4, -0.2) is 58.3 Å². The largest absolute Gasteiger partial charge is 0.345 e. The monoisotopic (exact) mass is 400 g/mol. The molecule has 0 aromatic carbocycles. The van der Waals surface area contributed by atoms with Crippen LogP contribution in [0.4, 0.5) is 0 Å². The van der Waals surface area contributed by atoms with Crippen molar-refractivity contribution in [3.8, 4) is 0 Å². The predicted molar refractivity (Wildman–Crippen MR) is 110 cm³/mol. The molecule has 0 aliphatic carbocycles. The van der Waals surface area contributed by atoms with Crippen LogP contribution >= 0.6 is 11.3 Å². The molecular formula is C21H28N4O2S. The summed E-state index contributed by atoms with van der Waals surface area (Å²) in [5.74, 6) is 0.639. The molecule has 0 saturated carbocycles. The first-order chi connectivity index (χ1) is 13.5. The van der Waals surface area contributed by atoms with Crippen LogP contribution in [0.5, 0.6) is 0 Å². The van der Waals surface area contributed by atoms with Gasteiger partial charge in [-0.05, 0) is 44.2 Å². The molecule has 2 amide bonds. The molecule has 1 aliphatic rings. The van der Waals surface area contributed by atoms with Gasteiger partial charge in [0.2, 0.25) is 5.91 Å². The van der Waals surface area contributed by atoms with Crippen molar-refractivity contribution in [2.45, 2.75) is 39.0 Å². The van der Waals surface area contributed by atoms with Gasteiger partial charge in [0, 0.05) is 51.4 Å². The highest BCUT2D eigenvalue weighted by molar-refractivity contribution is 7.11. The van der Waals surface area contributed by atoms with E-state index in [1.807, 2.05) is 37.1 Å². The van der Waals surface area contributed by atoms with Crippen LogP contribution in [0.15, 0.2) is 29.9 Å². The maximum atomic E-state index is 12.7. The van der Waals surface area contributed by atoms with E-state index in [0.717, 1.165) is 55.0 Å². The van der Waals surface area contributed by atoms with E-state index in [-0.39, 0.29) is 11.8 Å². The minimum Gasteiger partial charge on any atom is -0.345 e. The van der Waals surface area contributed by atoms with E-state index in [4.69, 9.17) is 0 Å². The number of aryl methyl sites for hydroxylation is 1. The third kappa shape index (κ3) is 5.38. The van der Waals surface area contributed by atoms with Gasteiger partial charge in [-0.1, -0.05) is 6.07 Å². The summed E-state index contributed by atoms with van der Waals surface area (Å²) in [6, 6.07) is 5.84. The van der Waals surface area contributed by atoms with E-state index in [1.165, 1.54) is 11.3 Å². The summed E-state index contributed by atoms with van der Waals surface area (Å²) < 4.78 is 0. The summed E-state index contributed by atoms with van der Waals surface area (Å²) in [6.07, 6.45) is 5.99. The van der Waals surface area contributed by atoms with Crippen LogP contribution in [0.3, 0.4) is 0 Å². The highest BCUT2D eigenvalue weighted by Gasteiger charge is 2.26. The molecule has 7 heteroatoms. The van der Waals surface area contributed by atoms with E-state index in [1.54, 1.807) is 16.6 Å². The Bertz CT molecular complexity index is 793. The van der Waals surface area contributed by atoms with E-state index < -0.39 is 0 Å². The Morgan fingerprint density at radius 2 is 2.18 bits per heavy atom. The number of hydrogen-bond acceptors (Lipinski definition) is 5. The van der Waals surface area contributed by atoms with E-state index in [0.29, 0.717) is 18.9 Å². The molecule has 1 aliphatic heterocycles. The molecule has 3 heterocycles. The minimum absolute atomic E-state index is 0.0866. The summed E-state index contributed by atoms with van der Waals surface area (Å²) in [4.78, 5) is 38.1. The summed E-state index contributed by atoms with van der Waals surface area (Å²) >= 11 is 1.41. The zero-order valence-corrected chi connectivity index (χ0v) is 17.5. The second-order valence-corrected chi connectivity index (χ2v) is 8.31. The maximum absolute atomic E-state index is 12.7. The fourth-order valence-corrected chi connectivity index (χ4v) is 4.38. The molecule has 0 radical (unpaired) electrons. The number of piperidine rings is 1. The lowest BCUT2D eigenvalue weighted by atomic mass is 9.93. The Morgan fingerprint density at radius 1 is 1.32 bits per heavy atom. The topological polar surface area (TPSA) is 66.4 Å². The van der Waals surface area contributed by atoms with Crippen LogP contribution in [0.25, 0.3) is 0 Å². The van der Waals surface area contributed by atoms with Crippen molar-refractivity contribution in [3.63, 3.8) is 0 Å². The number of aromatic nitrogens is 2. The Kier molecular flexibility index (Phi) is 7.14. The molecule has 2 aromatic heterocycles. The number of hydrogen-bond donors (Lipinski definition) is 0. The Hall–Kier alpha value is -2.28. The molecule has 0 N–H and O–H groups in total. The fourth-order valence-electron chi connectivity index (χ4n) is 3.61. The van der Waals surface area contributed by atoms with Crippen molar-refractivity contribution in [1.82, 2.24) is 19.8 Å². The van der Waals surface area contributed by atoms with E-state index in [9.17, 15) is 9.59 Å². The van der Waals surface area contributed by atoms with Gasteiger partial charge in [0.05, 0.1) is 11.2 Å². The lowest BCUT2D eigenvalue weighted by Crippen LogP contribution is -2.40. The average molecular weight is 401 g/mol. The first-order valence-corrected chi connectivity index (χ1v) is 10.8. The number of rotatable bonds is 7. The highest BCUT2D eigenvalue weighted by atomic mass is 32.1. The van der Waals surface area contributed by atoms with Crippen LogP contribution in [-0.2, 0) is 11.2 Å². The van der Waals surface area contributed by atoms with Gasteiger partial charge in [-0.15, -0.1) is 11.3 Å². The number of nitrogens with zero attached hydrogens (tertiary/aromatic N) is 4. The van der Waals surface area contributed by atoms with Crippen molar-refractivity contribution >= 4 is 23.2 Å². The van der Waals surface area contributed by atoms with Gasteiger partial charge in [-0.2, -0.15) is 0 Å². The molecule has 1 fully saturated rings. The molecule has 1 saturated heterocycles. The Balaban J connectivity index is 1.44. The van der Waals surface area contributed by atoms with Crippen molar-refractivity contribution < 1.29 is 9.59 Å². The molecule has 2 aromatic rings. The molecule has 6 nitrogen and oxygen atoms in total. The first kappa shape index (κ1) is 20.5. The Labute approximate surface area is 170 Å². The third-order valence-corrected chi connectivity index (χ3v) is 6.28. The first-order valence-electron chi connectivity index (χ1n) is 9.88. The molecule has 0 unspecified atom stereocenters. The zero-order chi connectivity index (χ0) is 19.9. The van der Waals surface area contributed by atoms with Gasteiger partial charge >= 0.3 is 0 Å². The normalized spacial score (nSPS) is 16.8. The lowest BCUT2D eigenvalue weighted by molar-refractivity contribution is -0.130. The van der Waals surface area contributed by atoms with Crippen LogP contribution < -0.4 is 0 Å². The predicted octanol–water partition coefficient (Wildman–Crippen LogP) is 3.18. The number of likely N-dealkylation sites (N-methyl/N-ethyl adjacent to an activating group) is 1. The molecular weight excluding hydrogens is 372 g/mol. The summed E-state index contributed by atoms with van der Waals surface area (Å²) in [6.45, 7) is 4.09. The molecule has 28 heavy (non-hydrogen) atoms. The van der Waals surface area contributed by atoms with Gasteiger partial charge in [0.25, 0.3) is 5.91 Å². The SMILES string of the molecule is Cc1ncsc1C(=O)N1CCC[C@H](CCC(=O)N(C)CCc2ccccn2)C1. The molecule has 1 atom stereocenters. The van der Waals surface area contributed by atoms with Gasteiger partial charge in [-0.3, -0.25) is 14.6 Å². The summed E-state index contributed by atoms with van der Waals surface area (Å²) in [7, 11) is 1.86. The molecule has 3 rings (SSSR count). The number of carbonyl (C=O) groups is 2. The van der Waals surface area contributed by atoms with Gasteiger partial charge < -0.3 is 9.80 Å². The second kappa shape index (κ2) is 9.78. The average Bonchev–Trinajstić information content (AvgIpc) is 3.16. The van der Waals surface area contributed by atoms with E-state index in [2.05, 4.69) is 9.97 Å². The number of carbonyl (C=O) groups excluding carboxylic acids is 2. The second-order valence-electron chi connectivity index (χ2n) is 7.45. The van der Waals surface area contributed by atoms with Crippen LogP contribution in [0, 0.1) is 12.8 Å². The van der Waals surface area contributed by atoms with Crippen molar-refractivity contribution in [2.75, 3.05) is 26.7 Å². The number of amides is 2. The van der Waals surface area contributed by atoms with E-state index >= 15 is 0 Å². The third-order valence-electron chi connectivity index (χ3n) is 5.37. The highest BCUT2D eigenvalue weighted by Crippen LogP contribution is 2.24. The molecule has 0 spiro atoms. The standard InChI is InChI=1S/C21H28N4O2S/c1-16-20(28-15-23-16)21(27)25-12-5-6-17(14-25)8-9-19(26)24(2)13-10-18-7-3-4-11-22-18/h3-4,7,11,15,17H,5-6,8-10,12-14H2,1-2H3/t17-/m1/s1. The molecule has 0 bridgehead atoms. The van der Waals surface area contributed by atoms with Crippen LogP contribution in [0.2, 0.25) is 0 Å². The van der Waals surface area contributed by atoms with Gasteiger partial charge in [-0.25, -0.2) is 4.98 Å². The minimum atomic E-state index is 0.0866. The number of likely N-dealkylation sites (tertiary alicyclic amines) is 1. The van der Waals surface area contributed by atoms with Crippen LogP contribution in [0.1, 0.15) is 46.7 Å². The van der Waals surface area contributed by atoms with Crippen molar-refractivity contribution in [2.24, 2.45) is 5.92 Å². The lowest BCUT2D eigenvalue weighted by Gasteiger charge is -2.32. The Morgan fingerprint density at radius 3 is 2.89 bits per heavy atom. The summed E-state index contributed by atoms with van der Waals surface area (Å²) in [5, 5.41) is 0. The maximum Gasteiger partial charge on any atom is 0.265 e. The van der Waals surface area contributed by atoms with Gasteiger partial charge in [0.15, 0.2) is 0 Å².